The van der Waals surface area contributed by atoms with Gasteiger partial charge in [0.2, 0.25) is 5.91 Å². The van der Waals surface area contributed by atoms with Gasteiger partial charge < -0.3 is 9.32 Å². The maximum Gasteiger partial charge on any atom is 0.419 e. The molecule has 4 aromatic rings. The number of hydrogen-bond acceptors (Lipinski definition) is 5. The molecule has 3 aromatic carbocycles. The summed E-state index contributed by atoms with van der Waals surface area (Å²) < 4.78 is 6.52. The average Bonchev–Trinajstić information content (AvgIpc) is 3.07. The third-order valence-electron chi connectivity index (χ3n) is 5.29. The first-order valence-corrected chi connectivity index (χ1v) is 9.92. The van der Waals surface area contributed by atoms with E-state index in [1.807, 2.05) is 36.4 Å². The first-order valence-electron chi connectivity index (χ1n) is 9.92. The van der Waals surface area contributed by atoms with E-state index in [0.29, 0.717) is 25.0 Å². The van der Waals surface area contributed by atoms with Gasteiger partial charge in [-0.15, -0.1) is 0 Å². The van der Waals surface area contributed by atoms with Crippen LogP contribution in [0, 0.1) is 10.1 Å². The number of nitrogens with zero attached hydrogens (tertiary/aromatic N) is 3. The van der Waals surface area contributed by atoms with Crippen molar-refractivity contribution in [3.05, 3.63) is 86.9 Å². The van der Waals surface area contributed by atoms with Gasteiger partial charge in [-0.05, 0) is 34.9 Å². The van der Waals surface area contributed by atoms with Crippen LogP contribution in [0.3, 0.4) is 0 Å². The summed E-state index contributed by atoms with van der Waals surface area (Å²) in [4.78, 5) is 36.7. The van der Waals surface area contributed by atoms with E-state index in [2.05, 4.69) is 6.07 Å². The Balaban J connectivity index is 1.37. The molecule has 0 aliphatic heterocycles. The summed E-state index contributed by atoms with van der Waals surface area (Å²) in [6, 6.07) is 18.3. The second kappa shape index (κ2) is 8.43. The molecule has 0 atom stereocenters. The molecule has 1 heterocycles. The number of nitro benzene ring substituents is 1. The second-order valence-corrected chi connectivity index (χ2v) is 7.46. The molecule has 0 aliphatic rings. The summed E-state index contributed by atoms with van der Waals surface area (Å²) in [6.45, 7) is 0.793. The van der Waals surface area contributed by atoms with Gasteiger partial charge in [-0.3, -0.25) is 19.5 Å². The Hall–Kier alpha value is -3.94. The van der Waals surface area contributed by atoms with Gasteiger partial charge in [0.25, 0.3) is 5.69 Å². The van der Waals surface area contributed by atoms with Crippen molar-refractivity contribution in [2.45, 2.75) is 25.9 Å². The molecule has 8 nitrogen and oxygen atoms in total. The molecule has 158 valence electrons. The van der Waals surface area contributed by atoms with E-state index < -0.39 is 10.7 Å². The van der Waals surface area contributed by atoms with Crippen molar-refractivity contribution in [1.29, 1.82) is 0 Å². The van der Waals surface area contributed by atoms with Crippen LogP contribution in [0.1, 0.15) is 18.4 Å². The number of benzene rings is 3. The fourth-order valence-corrected chi connectivity index (χ4v) is 3.66. The van der Waals surface area contributed by atoms with Crippen molar-refractivity contribution < 1.29 is 14.1 Å². The number of amides is 1. The summed E-state index contributed by atoms with van der Waals surface area (Å²) in [6.07, 6.45) is 0.725. The van der Waals surface area contributed by atoms with Crippen LogP contribution in [0.15, 0.2) is 69.9 Å². The van der Waals surface area contributed by atoms with Gasteiger partial charge in [0.15, 0.2) is 5.58 Å². The standard InChI is InChI=1S/C23H21N3O5/c1-24(15-16-8-9-17-5-2-3-6-18(17)13-16)22(27)7-4-12-25-20-11-10-19(26(29)30)14-21(20)31-23(25)28/h2-3,5-6,8-11,13-14H,4,7,12,15H2,1H3. The topological polar surface area (TPSA) is 98.6 Å². The molecule has 0 fully saturated rings. The van der Waals surface area contributed by atoms with Crippen molar-refractivity contribution in [2.24, 2.45) is 0 Å². The lowest BCUT2D eigenvalue weighted by Gasteiger charge is -2.17. The Bertz CT molecular complexity index is 1340. The highest BCUT2D eigenvalue weighted by molar-refractivity contribution is 5.83. The average molecular weight is 419 g/mol. The molecule has 1 aromatic heterocycles. The Morgan fingerprint density at radius 2 is 1.87 bits per heavy atom. The largest absolute Gasteiger partial charge is 0.419 e. The molecule has 0 saturated carbocycles. The number of carbonyl (C=O) groups excluding carboxylic acids is 1. The molecular weight excluding hydrogens is 398 g/mol. The zero-order valence-electron chi connectivity index (χ0n) is 17.0. The molecule has 0 radical (unpaired) electrons. The normalized spacial score (nSPS) is 11.1. The van der Waals surface area contributed by atoms with Crippen LogP contribution >= 0.6 is 0 Å². The van der Waals surface area contributed by atoms with Crippen LogP contribution in [0.5, 0.6) is 0 Å². The molecule has 1 amide bonds. The maximum absolute atomic E-state index is 12.5. The molecule has 0 spiro atoms. The SMILES string of the molecule is CN(Cc1ccc2ccccc2c1)C(=O)CCCn1c(=O)oc2cc([N+](=O)[O-])ccc21. The van der Waals surface area contributed by atoms with Crippen LogP contribution in [-0.2, 0) is 17.9 Å². The van der Waals surface area contributed by atoms with Crippen molar-refractivity contribution in [1.82, 2.24) is 9.47 Å². The van der Waals surface area contributed by atoms with Crippen molar-refractivity contribution in [3.63, 3.8) is 0 Å². The van der Waals surface area contributed by atoms with Crippen molar-refractivity contribution >= 4 is 33.5 Å². The Kier molecular flexibility index (Phi) is 5.53. The minimum atomic E-state index is -0.590. The Morgan fingerprint density at radius 3 is 2.65 bits per heavy atom. The van der Waals surface area contributed by atoms with E-state index in [4.69, 9.17) is 4.42 Å². The maximum atomic E-state index is 12.5. The van der Waals surface area contributed by atoms with E-state index in [9.17, 15) is 19.7 Å². The molecular formula is C23H21N3O5. The van der Waals surface area contributed by atoms with Gasteiger partial charge in [-0.2, -0.15) is 0 Å². The van der Waals surface area contributed by atoms with Gasteiger partial charge in [0, 0.05) is 32.6 Å². The van der Waals surface area contributed by atoms with Crippen LogP contribution in [0.4, 0.5) is 5.69 Å². The number of hydrogen-bond donors (Lipinski definition) is 0. The number of nitro groups is 1. The summed E-state index contributed by atoms with van der Waals surface area (Å²) in [5.74, 6) is -0.614. The lowest BCUT2D eigenvalue weighted by Crippen LogP contribution is -2.26. The van der Waals surface area contributed by atoms with E-state index in [-0.39, 0.29) is 23.6 Å². The first-order chi connectivity index (χ1) is 14.9. The molecule has 0 saturated heterocycles. The van der Waals surface area contributed by atoms with Gasteiger partial charge in [0.05, 0.1) is 16.5 Å². The highest BCUT2D eigenvalue weighted by atomic mass is 16.6. The number of fused-ring (bicyclic) bond motifs is 2. The summed E-state index contributed by atoms with van der Waals surface area (Å²) in [5.41, 5.74) is 1.55. The number of carbonyl (C=O) groups is 1. The molecule has 8 heteroatoms. The smallest absolute Gasteiger partial charge is 0.407 e. The van der Waals surface area contributed by atoms with Crippen LogP contribution in [-0.4, -0.2) is 27.3 Å². The summed E-state index contributed by atoms with van der Waals surface area (Å²) >= 11 is 0. The zero-order valence-corrected chi connectivity index (χ0v) is 17.0. The van der Waals surface area contributed by atoms with E-state index in [0.717, 1.165) is 16.3 Å². The predicted molar refractivity (Wildman–Crippen MR) is 117 cm³/mol. The Labute approximate surface area is 177 Å². The van der Waals surface area contributed by atoms with E-state index >= 15 is 0 Å². The summed E-state index contributed by atoms with van der Waals surface area (Å²) in [7, 11) is 1.76. The molecule has 0 unspecified atom stereocenters. The molecule has 0 aliphatic carbocycles. The van der Waals surface area contributed by atoms with Crippen molar-refractivity contribution in [3.8, 4) is 0 Å². The first kappa shape index (κ1) is 20.3. The summed E-state index contributed by atoms with van der Waals surface area (Å²) in [5, 5.41) is 13.2. The number of aromatic nitrogens is 1. The quantitative estimate of drug-likeness (QED) is 0.332. The fourth-order valence-electron chi connectivity index (χ4n) is 3.66. The molecule has 0 bridgehead atoms. The van der Waals surface area contributed by atoms with Gasteiger partial charge in [0.1, 0.15) is 0 Å². The monoisotopic (exact) mass is 419 g/mol. The second-order valence-electron chi connectivity index (χ2n) is 7.46. The van der Waals surface area contributed by atoms with Crippen molar-refractivity contribution in [2.75, 3.05) is 7.05 Å². The minimum absolute atomic E-state index is 0.0235. The Morgan fingerprint density at radius 1 is 1.10 bits per heavy atom. The fraction of sp³-hybridized carbons (Fsp3) is 0.217. The lowest BCUT2D eigenvalue weighted by molar-refractivity contribution is -0.384. The number of non-ortho nitro benzene ring substituents is 1. The third kappa shape index (κ3) is 4.32. The molecule has 31 heavy (non-hydrogen) atoms. The van der Waals surface area contributed by atoms with Crippen LogP contribution in [0.25, 0.3) is 21.9 Å². The number of rotatable bonds is 7. The highest BCUT2D eigenvalue weighted by Gasteiger charge is 2.15. The van der Waals surface area contributed by atoms with Gasteiger partial charge >= 0.3 is 5.76 Å². The van der Waals surface area contributed by atoms with Gasteiger partial charge in [-0.25, -0.2) is 4.79 Å². The zero-order chi connectivity index (χ0) is 22.0. The lowest BCUT2D eigenvalue weighted by atomic mass is 10.1. The molecule has 0 N–H and O–H groups in total. The predicted octanol–water partition coefficient (Wildman–Crippen LogP) is 4.09. The van der Waals surface area contributed by atoms with Crippen LogP contribution in [0.2, 0.25) is 0 Å². The highest BCUT2D eigenvalue weighted by Crippen LogP contribution is 2.21. The third-order valence-corrected chi connectivity index (χ3v) is 5.29. The number of oxazole rings is 1. The van der Waals surface area contributed by atoms with Crippen LogP contribution < -0.4 is 5.76 Å². The van der Waals surface area contributed by atoms with E-state index in [1.165, 1.54) is 22.8 Å². The number of aryl methyl sites for hydroxylation is 1. The van der Waals surface area contributed by atoms with E-state index in [1.54, 1.807) is 11.9 Å². The van der Waals surface area contributed by atoms with Gasteiger partial charge in [-0.1, -0.05) is 36.4 Å². The molecule has 4 rings (SSSR count). The minimum Gasteiger partial charge on any atom is -0.407 e.